The third-order valence-electron chi connectivity index (χ3n) is 5.74. The quantitative estimate of drug-likeness (QED) is 0.816. The molecule has 1 aromatic rings. The van der Waals surface area contributed by atoms with Crippen molar-refractivity contribution >= 4 is 17.5 Å². The molecule has 0 spiro atoms. The van der Waals surface area contributed by atoms with Crippen LogP contribution in [0.3, 0.4) is 0 Å². The molecule has 6 nitrogen and oxygen atoms in total. The maximum atomic E-state index is 12.4. The number of piperidine rings is 1. The van der Waals surface area contributed by atoms with Gasteiger partial charge in [-0.2, -0.15) is 0 Å². The van der Waals surface area contributed by atoms with E-state index in [-0.39, 0.29) is 11.8 Å². The molecule has 6 heteroatoms. The van der Waals surface area contributed by atoms with Crippen LogP contribution in [0.15, 0.2) is 24.3 Å². The van der Waals surface area contributed by atoms with Crippen LogP contribution >= 0.6 is 0 Å². The average molecular weight is 387 g/mol. The Kier molecular flexibility index (Phi) is 7.45. The van der Waals surface area contributed by atoms with Crippen molar-refractivity contribution in [2.24, 2.45) is 0 Å². The highest BCUT2D eigenvalue weighted by Gasteiger charge is 2.23. The first-order valence-corrected chi connectivity index (χ1v) is 10.6. The second-order valence-electron chi connectivity index (χ2n) is 8.32. The van der Waals surface area contributed by atoms with E-state index in [1.54, 1.807) is 0 Å². The van der Waals surface area contributed by atoms with Crippen LogP contribution in [0, 0.1) is 0 Å². The lowest BCUT2D eigenvalue weighted by molar-refractivity contribution is -0.134. The maximum Gasteiger partial charge on any atom is 0.238 e. The molecule has 3 rings (SSSR count). The van der Waals surface area contributed by atoms with Crippen LogP contribution in [0.2, 0.25) is 0 Å². The molecule has 1 N–H and O–H groups in total. The van der Waals surface area contributed by atoms with Gasteiger partial charge in [0.1, 0.15) is 0 Å². The van der Waals surface area contributed by atoms with Crippen molar-refractivity contribution in [3.8, 4) is 0 Å². The zero-order valence-electron chi connectivity index (χ0n) is 17.3. The van der Waals surface area contributed by atoms with Gasteiger partial charge in [0.2, 0.25) is 11.8 Å². The minimum atomic E-state index is 0.0266. The molecule has 0 aromatic heterocycles. The SMILES string of the molecule is CC(C)c1cccc(NC(=O)CN2CCN(CC(=O)N3CCCCC3)CC2)c1. The second kappa shape index (κ2) is 10.0. The molecule has 0 aliphatic carbocycles. The third-order valence-corrected chi connectivity index (χ3v) is 5.74. The van der Waals surface area contributed by atoms with E-state index in [2.05, 4.69) is 35.0 Å². The van der Waals surface area contributed by atoms with Gasteiger partial charge in [-0.15, -0.1) is 0 Å². The molecule has 0 atom stereocenters. The molecule has 0 bridgehead atoms. The fraction of sp³-hybridized carbons (Fsp3) is 0.636. The summed E-state index contributed by atoms with van der Waals surface area (Å²) in [6.07, 6.45) is 3.51. The summed E-state index contributed by atoms with van der Waals surface area (Å²) in [6.45, 7) is 10.4. The van der Waals surface area contributed by atoms with Gasteiger partial charge >= 0.3 is 0 Å². The first kappa shape index (κ1) is 20.8. The van der Waals surface area contributed by atoms with E-state index < -0.39 is 0 Å². The molecule has 0 unspecified atom stereocenters. The van der Waals surface area contributed by atoms with Crippen molar-refractivity contribution in [3.63, 3.8) is 0 Å². The monoisotopic (exact) mass is 386 g/mol. The molecule has 2 fully saturated rings. The van der Waals surface area contributed by atoms with Crippen molar-refractivity contribution in [2.45, 2.75) is 39.0 Å². The van der Waals surface area contributed by atoms with Gasteiger partial charge in [0.05, 0.1) is 13.1 Å². The van der Waals surface area contributed by atoms with Crippen molar-refractivity contribution in [1.82, 2.24) is 14.7 Å². The highest BCUT2D eigenvalue weighted by atomic mass is 16.2. The predicted molar refractivity (Wildman–Crippen MR) is 112 cm³/mol. The van der Waals surface area contributed by atoms with Gasteiger partial charge in [0.15, 0.2) is 0 Å². The summed E-state index contributed by atoms with van der Waals surface area (Å²) in [7, 11) is 0. The van der Waals surface area contributed by atoms with Crippen molar-refractivity contribution in [2.75, 3.05) is 57.7 Å². The zero-order valence-corrected chi connectivity index (χ0v) is 17.3. The number of amides is 2. The van der Waals surface area contributed by atoms with Crippen LogP contribution in [0.4, 0.5) is 5.69 Å². The fourth-order valence-electron chi connectivity index (χ4n) is 3.92. The molecule has 154 valence electrons. The lowest BCUT2D eigenvalue weighted by Gasteiger charge is -2.35. The lowest BCUT2D eigenvalue weighted by Crippen LogP contribution is -2.51. The number of hydrogen-bond acceptors (Lipinski definition) is 4. The number of carbonyl (C=O) groups excluding carboxylic acids is 2. The van der Waals surface area contributed by atoms with Crippen molar-refractivity contribution in [1.29, 1.82) is 0 Å². The van der Waals surface area contributed by atoms with E-state index in [0.717, 1.165) is 57.8 Å². The van der Waals surface area contributed by atoms with Crippen LogP contribution in [-0.2, 0) is 9.59 Å². The molecule has 1 aromatic carbocycles. The number of rotatable bonds is 6. The highest BCUT2D eigenvalue weighted by molar-refractivity contribution is 5.92. The van der Waals surface area contributed by atoms with Crippen LogP contribution in [0.5, 0.6) is 0 Å². The Bertz CT molecular complexity index is 662. The summed E-state index contributed by atoms with van der Waals surface area (Å²) < 4.78 is 0. The van der Waals surface area contributed by atoms with Crippen LogP contribution in [0.25, 0.3) is 0 Å². The van der Waals surface area contributed by atoms with E-state index in [9.17, 15) is 9.59 Å². The van der Waals surface area contributed by atoms with E-state index >= 15 is 0 Å². The molecule has 2 amide bonds. The van der Waals surface area contributed by atoms with Gasteiger partial charge in [0.25, 0.3) is 0 Å². The Balaban J connectivity index is 1.39. The zero-order chi connectivity index (χ0) is 19.9. The van der Waals surface area contributed by atoms with Crippen LogP contribution < -0.4 is 5.32 Å². The summed E-state index contributed by atoms with van der Waals surface area (Å²) in [5, 5.41) is 3.02. The van der Waals surface area contributed by atoms with E-state index in [0.29, 0.717) is 19.0 Å². The maximum absolute atomic E-state index is 12.4. The summed E-state index contributed by atoms with van der Waals surface area (Å²) in [5.74, 6) is 0.729. The van der Waals surface area contributed by atoms with Gasteiger partial charge in [-0.3, -0.25) is 19.4 Å². The van der Waals surface area contributed by atoms with Crippen molar-refractivity contribution < 1.29 is 9.59 Å². The number of nitrogens with one attached hydrogen (secondary N) is 1. The second-order valence-corrected chi connectivity index (χ2v) is 8.32. The Hall–Kier alpha value is -1.92. The summed E-state index contributed by atoms with van der Waals surface area (Å²) >= 11 is 0. The Morgan fingerprint density at radius 3 is 2.21 bits per heavy atom. The first-order chi connectivity index (χ1) is 13.5. The van der Waals surface area contributed by atoms with Crippen molar-refractivity contribution in [3.05, 3.63) is 29.8 Å². The number of anilines is 1. The van der Waals surface area contributed by atoms with E-state index in [4.69, 9.17) is 0 Å². The lowest BCUT2D eigenvalue weighted by atomic mass is 10.0. The molecular formula is C22H34N4O2. The smallest absolute Gasteiger partial charge is 0.238 e. The normalized spacial score (nSPS) is 19.0. The molecule has 2 aliphatic rings. The summed E-state index contributed by atoms with van der Waals surface area (Å²) in [4.78, 5) is 31.2. The predicted octanol–water partition coefficient (Wildman–Crippen LogP) is 2.38. The van der Waals surface area contributed by atoms with Gasteiger partial charge < -0.3 is 10.2 Å². The topological polar surface area (TPSA) is 55.9 Å². The minimum absolute atomic E-state index is 0.0266. The number of nitrogens with zero attached hydrogens (tertiary/aromatic N) is 3. The standard InChI is InChI=1S/C22H34N4O2/c1-18(2)19-7-6-8-20(15-19)23-21(27)16-24-11-13-25(14-12-24)17-22(28)26-9-4-3-5-10-26/h6-8,15,18H,3-5,9-14,16-17H2,1-2H3,(H,23,27). The van der Waals surface area contributed by atoms with Gasteiger partial charge in [0, 0.05) is 45.0 Å². The molecule has 2 aliphatic heterocycles. The fourth-order valence-corrected chi connectivity index (χ4v) is 3.92. The Morgan fingerprint density at radius 2 is 1.57 bits per heavy atom. The van der Waals surface area contributed by atoms with Crippen LogP contribution in [-0.4, -0.2) is 78.9 Å². The molecule has 0 radical (unpaired) electrons. The number of hydrogen-bond donors (Lipinski definition) is 1. The minimum Gasteiger partial charge on any atom is -0.342 e. The Labute approximate surface area is 168 Å². The molecule has 0 saturated carbocycles. The molecular weight excluding hydrogens is 352 g/mol. The van der Waals surface area contributed by atoms with E-state index in [1.165, 1.54) is 12.0 Å². The average Bonchev–Trinajstić information content (AvgIpc) is 2.70. The number of carbonyl (C=O) groups is 2. The van der Waals surface area contributed by atoms with Gasteiger partial charge in [-0.05, 0) is 42.9 Å². The summed E-state index contributed by atoms with van der Waals surface area (Å²) in [5.41, 5.74) is 2.09. The van der Waals surface area contributed by atoms with E-state index in [1.807, 2.05) is 23.1 Å². The van der Waals surface area contributed by atoms with Crippen LogP contribution in [0.1, 0.15) is 44.6 Å². The largest absolute Gasteiger partial charge is 0.342 e. The molecule has 28 heavy (non-hydrogen) atoms. The number of likely N-dealkylation sites (tertiary alicyclic amines) is 1. The summed E-state index contributed by atoms with van der Waals surface area (Å²) in [6, 6.07) is 8.06. The first-order valence-electron chi connectivity index (χ1n) is 10.6. The van der Waals surface area contributed by atoms with Gasteiger partial charge in [-0.1, -0.05) is 26.0 Å². The number of benzene rings is 1. The van der Waals surface area contributed by atoms with Gasteiger partial charge in [-0.25, -0.2) is 0 Å². The third kappa shape index (κ3) is 6.04. The molecule has 2 saturated heterocycles. The number of piperazine rings is 1. The Morgan fingerprint density at radius 1 is 0.929 bits per heavy atom. The molecule has 2 heterocycles. The highest BCUT2D eigenvalue weighted by Crippen LogP contribution is 2.18.